The van der Waals surface area contributed by atoms with Crippen molar-refractivity contribution in [3.63, 3.8) is 0 Å². The second kappa shape index (κ2) is 8.60. The number of hydrogen-bond acceptors (Lipinski definition) is 3. The van der Waals surface area contributed by atoms with Gasteiger partial charge < -0.3 is 14.4 Å². The van der Waals surface area contributed by atoms with Gasteiger partial charge in [-0.15, -0.1) is 0 Å². The number of benzene rings is 2. The second-order valence-electron chi connectivity index (χ2n) is 8.59. The van der Waals surface area contributed by atoms with Gasteiger partial charge >= 0.3 is 0 Å². The fourth-order valence-corrected chi connectivity index (χ4v) is 4.91. The number of hydrogen-bond donors (Lipinski definition) is 0. The van der Waals surface area contributed by atoms with Crippen LogP contribution in [0.5, 0.6) is 0 Å². The van der Waals surface area contributed by atoms with Gasteiger partial charge in [0.15, 0.2) is 0 Å². The molecule has 2 aliphatic rings. The van der Waals surface area contributed by atoms with E-state index in [1.165, 1.54) is 35.2 Å². The number of likely N-dealkylation sites (tertiary alicyclic amines) is 1. The normalized spacial score (nSPS) is 17.4. The van der Waals surface area contributed by atoms with Crippen LogP contribution >= 0.6 is 0 Å². The van der Waals surface area contributed by atoms with E-state index in [1.54, 1.807) is 12.1 Å². The summed E-state index contributed by atoms with van der Waals surface area (Å²) in [7, 11) is 0. The lowest BCUT2D eigenvalue weighted by Gasteiger charge is -2.38. The Hall–Kier alpha value is -2.66. The van der Waals surface area contributed by atoms with Crippen molar-refractivity contribution in [3.8, 4) is 0 Å². The highest BCUT2D eigenvalue weighted by molar-refractivity contribution is 5.60. The maximum atomic E-state index is 13.1. The molecule has 4 nitrogen and oxygen atoms in total. The first kappa shape index (κ1) is 19.3. The molecule has 0 radical (unpaired) electrons. The molecular weight excluding hydrogens is 375 g/mol. The van der Waals surface area contributed by atoms with Crippen molar-refractivity contribution in [2.75, 3.05) is 31.1 Å². The van der Waals surface area contributed by atoms with Crippen LogP contribution in [0.15, 0.2) is 61.2 Å². The van der Waals surface area contributed by atoms with Gasteiger partial charge in [0.25, 0.3) is 0 Å². The summed E-state index contributed by atoms with van der Waals surface area (Å²) in [5.74, 6) is -0.154. The molecule has 0 unspecified atom stereocenters. The van der Waals surface area contributed by atoms with Gasteiger partial charge in [0.2, 0.25) is 0 Å². The molecular formula is C25H29FN4. The van der Waals surface area contributed by atoms with Gasteiger partial charge in [-0.1, -0.05) is 24.3 Å². The SMILES string of the molecule is Fc1ccc(CCN2CCC(N3CCc4ccc(Cn5ccnc5)cc43)CC2)cc1. The van der Waals surface area contributed by atoms with Gasteiger partial charge in [-0.25, -0.2) is 9.37 Å². The fourth-order valence-electron chi connectivity index (χ4n) is 4.91. The van der Waals surface area contributed by atoms with Gasteiger partial charge in [-0.3, -0.25) is 0 Å². The van der Waals surface area contributed by atoms with E-state index < -0.39 is 0 Å². The molecule has 0 aliphatic carbocycles. The van der Waals surface area contributed by atoms with Gasteiger partial charge in [0.05, 0.1) is 6.33 Å². The van der Waals surface area contributed by atoms with E-state index in [4.69, 9.17) is 0 Å². The summed E-state index contributed by atoms with van der Waals surface area (Å²) in [6.45, 7) is 5.37. The zero-order valence-electron chi connectivity index (χ0n) is 17.4. The lowest BCUT2D eigenvalue weighted by molar-refractivity contribution is 0.212. The molecule has 1 fully saturated rings. The number of imidazole rings is 1. The van der Waals surface area contributed by atoms with Crippen LogP contribution < -0.4 is 4.90 Å². The van der Waals surface area contributed by atoms with Crippen LogP contribution in [0.2, 0.25) is 0 Å². The molecule has 1 saturated heterocycles. The number of anilines is 1. The Morgan fingerprint density at radius 2 is 1.77 bits per heavy atom. The average Bonchev–Trinajstić information content (AvgIpc) is 3.43. The Bertz CT molecular complexity index is 959. The summed E-state index contributed by atoms with van der Waals surface area (Å²) < 4.78 is 15.2. The highest BCUT2D eigenvalue weighted by Gasteiger charge is 2.29. The molecule has 3 heterocycles. The lowest BCUT2D eigenvalue weighted by atomic mass is 10.0. The Balaban J connectivity index is 1.18. The number of rotatable bonds is 6. The number of fused-ring (bicyclic) bond motifs is 1. The van der Waals surface area contributed by atoms with Crippen LogP contribution in [0.4, 0.5) is 10.1 Å². The largest absolute Gasteiger partial charge is 0.368 e. The molecule has 0 bridgehead atoms. The minimum atomic E-state index is -0.154. The topological polar surface area (TPSA) is 24.3 Å². The van der Waals surface area contributed by atoms with E-state index in [2.05, 4.69) is 37.5 Å². The van der Waals surface area contributed by atoms with E-state index in [-0.39, 0.29) is 5.82 Å². The number of aromatic nitrogens is 2. The van der Waals surface area contributed by atoms with Crippen molar-refractivity contribution in [3.05, 3.63) is 83.7 Å². The van der Waals surface area contributed by atoms with Crippen molar-refractivity contribution in [1.29, 1.82) is 0 Å². The quantitative estimate of drug-likeness (QED) is 0.617. The summed E-state index contributed by atoms with van der Waals surface area (Å²) in [5.41, 5.74) is 5.49. The molecule has 3 aromatic rings. The zero-order valence-corrected chi connectivity index (χ0v) is 17.4. The van der Waals surface area contributed by atoms with E-state index in [0.717, 1.165) is 45.6 Å². The first-order chi connectivity index (χ1) is 14.7. The van der Waals surface area contributed by atoms with Crippen LogP contribution in [0, 0.1) is 5.82 Å². The highest BCUT2D eigenvalue weighted by atomic mass is 19.1. The third kappa shape index (κ3) is 4.26. The summed E-state index contributed by atoms with van der Waals surface area (Å²) in [6, 6.07) is 14.6. The molecule has 5 heteroatoms. The smallest absolute Gasteiger partial charge is 0.123 e. The first-order valence-electron chi connectivity index (χ1n) is 11.1. The molecule has 0 N–H and O–H groups in total. The molecule has 2 aromatic carbocycles. The first-order valence-corrected chi connectivity index (χ1v) is 11.1. The molecule has 0 spiro atoms. The Morgan fingerprint density at radius 3 is 2.53 bits per heavy atom. The Kier molecular flexibility index (Phi) is 5.54. The standard InChI is InChI=1S/C25H29FN4/c26-23-5-2-20(3-6-23)7-12-28-13-9-24(10-14-28)30-15-8-22-4-1-21(17-25(22)30)18-29-16-11-27-19-29/h1-6,11,16-17,19,24H,7-10,12-15,18H2. The van der Waals surface area contributed by atoms with E-state index in [9.17, 15) is 4.39 Å². The highest BCUT2D eigenvalue weighted by Crippen LogP contribution is 2.33. The summed E-state index contributed by atoms with van der Waals surface area (Å²) in [6.07, 6.45) is 10.3. The van der Waals surface area contributed by atoms with Gasteiger partial charge in [-0.2, -0.15) is 0 Å². The summed E-state index contributed by atoms with van der Waals surface area (Å²) in [4.78, 5) is 9.37. The summed E-state index contributed by atoms with van der Waals surface area (Å²) >= 11 is 0. The van der Waals surface area contributed by atoms with Crippen molar-refractivity contribution in [1.82, 2.24) is 14.5 Å². The van der Waals surface area contributed by atoms with E-state index >= 15 is 0 Å². The number of halogens is 1. The van der Waals surface area contributed by atoms with Crippen LogP contribution in [0.3, 0.4) is 0 Å². The van der Waals surface area contributed by atoms with Crippen LogP contribution in [-0.2, 0) is 19.4 Å². The third-order valence-electron chi connectivity index (χ3n) is 6.63. The van der Waals surface area contributed by atoms with Crippen molar-refractivity contribution >= 4 is 5.69 Å². The maximum Gasteiger partial charge on any atom is 0.123 e. The fraction of sp³-hybridized carbons (Fsp3) is 0.400. The molecule has 1 aromatic heterocycles. The third-order valence-corrected chi connectivity index (χ3v) is 6.63. The Morgan fingerprint density at radius 1 is 0.967 bits per heavy atom. The van der Waals surface area contributed by atoms with Crippen LogP contribution in [-0.4, -0.2) is 46.7 Å². The van der Waals surface area contributed by atoms with Gasteiger partial charge in [-0.05, 0) is 60.6 Å². The van der Waals surface area contributed by atoms with Crippen molar-refractivity contribution in [2.24, 2.45) is 0 Å². The molecule has 2 aliphatic heterocycles. The number of nitrogens with zero attached hydrogens (tertiary/aromatic N) is 4. The predicted octanol–water partition coefficient (Wildman–Crippen LogP) is 4.14. The number of piperidine rings is 1. The van der Waals surface area contributed by atoms with Crippen LogP contribution in [0.25, 0.3) is 0 Å². The molecule has 5 rings (SSSR count). The minimum Gasteiger partial charge on any atom is -0.368 e. The lowest BCUT2D eigenvalue weighted by Crippen LogP contribution is -2.45. The van der Waals surface area contributed by atoms with E-state index in [0.29, 0.717) is 6.04 Å². The molecule has 30 heavy (non-hydrogen) atoms. The maximum absolute atomic E-state index is 13.1. The molecule has 0 atom stereocenters. The van der Waals surface area contributed by atoms with Crippen molar-refractivity contribution < 1.29 is 4.39 Å². The molecule has 0 amide bonds. The van der Waals surface area contributed by atoms with Crippen LogP contribution in [0.1, 0.15) is 29.5 Å². The van der Waals surface area contributed by atoms with Gasteiger partial charge in [0.1, 0.15) is 5.82 Å². The van der Waals surface area contributed by atoms with Crippen molar-refractivity contribution in [2.45, 2.75) is 38.3 Å². The zero-order chi connectivity index (χ0) is 20.3. The van der Waals surface area contributed by atoms with Gasteiger partial charge in [0, 0.05) is 56.8 Å². The van der Waals surface area contributed by atoms with E-state index in [1.807, 2.05) is 30.9 Å². The second-order valence-corrected chi connectivity index (χ2v) is 8.59. The monoisotopic (exact) mass is 404 g/mol. The average molecular weight is 405 g/mol. The minimum absolute atomic E-state index is 0.154. The Labute approximate surface area is 178 Å². The molecule has 156 valence electrons. The summed E-state index contributed by atoms with van der Waals surface area (Å²) in [5, 5.41) is 0. The molecule has 0 saturated carbocycles. The predicted molar refractivity (Wildman–Crippen MR) is 118 cm³/mol.